The molecule has 0 spiro atoms. The molecule has 14 heavy (non-hydrogen) atoms. The van der Waals surface area contributed by atoms with Gasteiger partial charge >= 0.3 is 0 Å². The summed E-state index contributed by atoms with van der Waals surface area (Å²) >= 11 is 0. The zero-order chi connectivity index (χ0) is 11.6. The highest BCUT2D eigenvalue weighted by atomic mass is 19.1. The summed E-state index contributed by atoms with van der Waals surface area (Å²) in [5.74, 6) is 0.314. The molecule has 0 saturated carbocycles. The van der Waals surface area contributed by atoms with Crippen LogP contribution in [0, 0.1) is 12.7 Å². The van der Waals surface area contributed by atoms with E-state index in [1.807, 2.05) is 34.6 Å². The third kappa shape index (κ3) is 6.46. The van der Waals surface area contributed by atoms with Crippen molar-refractivity contribution < 1.29 is 9.13 Å². The summed E-state index contributed by atoms with van der Waals surface area (Å²) in [7, 11) is 1.52. The Labute approximate surface area is 86.9 Å². The van der Waals surface area contributed by atoms with Gasteiger partial charge in [0.15, 0.2) is 0 Å². The fourth-order valence-corrected chi connectivity index (χ4v) is 0.821. The molecule has 0 aliphatic rings. The van der Waals surface area contributed by atoms with Gasteiger partial charge in [-0.2, -0.15) is 0 Å². The van der Waals surface area contributed by atoms with Gasteiger partial charge in [0, 0.05) is 6.07 Å². The van der Waals surface area contributed by atoms with E-state index in [4.69, 9.17) is 4.74 Å². The molecular formula is C12H21FO. The summed E-state index contributed by atoms with van der Waals surface area (Å²) in [5.41, 5.74) is 0.872. The van der Waals surface area contributed by atoms with E-state index in [-0.39, 0.29) is 5.82 Å². The maximum atomic E-state index is 12.5. The first kappa shape index (κ1) is 15.4. The van der Waals surface area contributed by atoms with Gasteiger partial charge in [0.1, 0.15) is 11.6 Å². The summed E-state index contributed by atoms with van der Waals surface area (Å²) in [6.07, 6.45) is 0. The van der Waals surface area contributed by atoms with Crippen LogP contribution in [0.1, 0.15) is 33.3 Å². The van der Waals surface area contributed by atoms with E-state index in [0.29, 0.717) is 5.75 Å². The van der Waals surface area contributed by atoms with Crippen molar-refractivity contribution in [2.45, 2.75) is 34.6 Å². The quantitative estimate of drug-likeness (QED) is 0.660. The Morgan fingerprint density at radius 3 is 1.86 bits per heavy atom. The zero-order valence-electron chi connectivity index (χ0n) is 10.0. The van der Waals surface area contributed by atoms with Crippen molar-refractivity contribution in [1.29, 1.82) is 0 Å². The summed E-state index contributed by atoms with van der Waals surface area (Å²) < 4.78 is 17.4. The monoisotopic (exact) mass is 200 g/mol. The van der Waals surface area contributed by atoms with Gasteiger partial charge in [-0.3, -0.25) is 0 Å². The number of hydrogen-bond donors (Lipinski definition) is 0. The van der Waals surface area contributed by atoms with Crippen LogP contribution in [0.15, 0.2) is 18.2 Å². The minimum absolute atomic E-state index is 0.253. The molecule has 0 fully saturated rings. The van der Waals surface area contributed by atoms with Crippen LogP contribution in [0.5, 0.6) is 5.75 Å². The van der Waals surface area contributed by atoms with Crippen molar-refractivity contribution in [3.63, 3.8) is 0 Å². The standard InChI is InChI=1S/C8H9FO.2C2H6/c1-6-3-7(9)5-8(4-6)10-2;2*1-2/h3-5H,1-2H3;2*1-2H3. The Hall–Kier alpha value is -1.05. The maximum absolute atomic E-state index is 12.5. The van der Waals surface area contributed by atoms with E-state index in [0.717, 1.165) is 5.56 Å². The summed E-state index contributed by atoms with van der Waals surface area (Å²) in [6.45, 7) is 9.82. The van der Waals surface area contributed by atoms with Crippen molar-refractivity contribution >= 4 is 0 Å². The largest absolute Gasteiger partial charge is 0.497 e. The first-order chi connectivity index (χ1) is 6.72. The van der Waals surface area contributed by atoms with Crippen molar-refractivity contribution in [2.24, 2.45) is 0 Å². The minimum Gasteiger partial charge on any atom is -0.497 e. The van der Waals surface area contributed by atoms with E-state index in [1.54, 1.807) is 6.07 Å². The van der Waals surface area contributed by atoms with Crippen LogP contribution in [0.2, 0.25) is 0 Å². The fraction of sp³-hybridized carbons (Fsp3) is 0.500. The molecule has 0 amide bonds. The molecule has 0 heterocycles. The highest BCUT2D eigenvalue weighted by Gasteiger charge is 1.95. The number of rotatable bonds is 1. The lowest BCUT2D eigenvalue weighted by Crippen LogP contribution is -1.85. The lowest BCUT2D eigenvalue weighted by atomic mass is 10.2. The maximum Gasteiger partial charge on any atom is 0.127 e. The van der Waals surface area contributed by atoms with Gasteiger partial charge < -0.3 is 4.74 Å². The average Bonchev–Trinajstić information content (AvgIpc) is 2.22. The van der Waals surface area contributed by atoms with Gasteiger partial charge in [-0.1, -0.05) is 27.7 Å². The predicted octanol–water partition coefficient (Wildman–Crippen LogP) is 4.20. The number of ether oxygens (including phenoxy) is 1. The molecule has 0 bridgehead atoms. The predicted molar refractivity (Wildman–Crippen MR) is 60.4 cm³/mol. The summed E-state index contributed by atoms with van der Waals surface area (Å²) in [4.78, 5) is 0. The Balaban J connectivity index is 0. The number of methoxy groups -OCH3 is 1. The highest BCUT2D eigenvalue weighted by molar-refractivity contribution is 5.28. The van der Waals surface area contributed by atoms with Crippen LogP contribution in [-0.2, 0) is 0 Å². The van der Waals surface area contributed by atoms with Crippen LogP contribution < -0.4 is 4.74 Å². The minimum atomic E-state index is -0.253. The fourth-order valence-electron chi connectivity index (χ4n) is 0.821. The van der Waals surface area contributed by atoms with Crippen molar-refractivity contribution in [1.82, 2.24) is 0 Å². The Morgan fingerprint density at radius 1 is 1.00 bits per heavy atom. The Morgan fingerprint density at radius 2 is 1.50 bits per heavy atom. The molecule has 0 aromatic heterocycles. The van der Waals surface area contributed by atoms with Crippen molar-refractivity contribution in [3.05, 3.63) is 29.6 Å². The van der Waals surface area contributed by atoms with E-state index in [9.17, 15) is 4.39 Å². The van der Waals surface area contributed by atoms with Gasteiger partial charge in [0.05, 0.1) is 7.11 Å². The van der Waals surface area contributed by atoms with E-state index in [1.165, 1.54) is 19.2 Å². The molecule has 0 unspecified atom stereocenters. The molecule has 1 nitrogen and oxygen atoms in total. The van der Waals surface area contributed by atoms with Crippen LogP contribution in [0.25, 0.3) is 0 Å². The first-order valence-electron chi connectivity index (χ1n) is 5.03. The van der Waals surface area contributed by atoms with Gasteiger partial charge in [0.2, 0.25) is 0 Å². The van der Waals surface area contributed by atoms with E-state index in [2.05, 4.69) is 0 Å². The van der Waals surface area contributed by atoms with Crippen LogP contribution >= 0.6 is 0 Å². The summed E-state index contributed by atoms with van der Waals surface area (Å²) in [6, 6.07) is 4.60. The van der Waals surface area contributed by atoms with Gasteiger partial charge in [-0.25, -0.2) is 4.39 Å². The topological polar surface area (TPSA) is 9.23 Å². The normalized spacial score (nSPS) is 7.64. The van der Waals surface area contributed by atoms with Gasteiger partial charge in [-0.05, 0) is 24.6 Å². The molecule has 1 aromatic rings. The number of halogens is 1. The van der Waals surface area contributed by atoms with Crippen LogP contribution in [0.4, 0.5) is 4.39 Å². The third-order valence-electron chi connectivity index (χ3n) is 1.25. The molecule has 2 heteroatoms. The molecule has 0 aliphatic heterocycles. The molecule has 82 valence electrons. The lowest BCUT2D eigenvalue weighted by molar-refractivity contribution is 0.411. The zero-order valence-corrected chi connectivity index (χ0v) is 10.0. The second kappa shape index (κ2) is 10.0. The van der Waals surface area contributed by atoms with Gasteiger partial charge in [0.25, 0.3) is 0 Å². The molecule has 0 N–H and O–H groups in total. The molecule has 1 rings (SSSR count). The lowest BCUT2D eigenvalue weighted by Gasteiger charge is -1.99. The van der Waals surface area contributed by atoms with E-state index < -0.39 is 0 Å². The average molecular weight is 200 g/mol. The second-order valence-electron chi connectivity index (χ2n) is 2.17. The SMILES string of the molecule is CC.CC.COc1cc(C)cc(F)c1. The molecule has 1 aromatic carbocycles. The molecule has 0 saturated heterocycles. The second-order valence-corrected chi connectivity index (χ2v) is 2.17. The Bertz CT molecular complexity index is 214. The first-order valence-corrected chi connectivity index (χ1v) is 5.03. The molecular weight excluding hydrogens is 179 g/mol. The number of benzene rings is 1. The number of hydrogen-bond acceptors (Lipinski definition) is 1. The molecule has 0 aliphatic carbocycles. The molecule has 0 atom stereocenters. The van der Waals surface area contributed by atoms with Crippen molar-refractivity contribution in [2.75, 3.05) is 7.11 Å². The van der Waals surface area contributed by atoms with E-state index >= 15 is 0 Å². The summed E-state index contributed by atoms with van der Waals surface area (Å²) in [5, 5.41) is 0. The highest BCUT2D eigenvalue weighted by Crippen LogP contribution is 2.14. The molecule has 0 radical (unpaired) electrons. The third-order valence-corrected chi connectivity index (χ3v) is 1.25. The van der Waals surface area contributed by atoms with Crippen LogP contribution in [-0.4, -0.2) is 7.11 Å². The number of aryl methyl sites for hydroxylation is 1. The van der Waals surface area contributed by atoms with Crippen molar-refractivity contribution in [3.8, 4) is 5.75 Å². The van der Waals surface area contributed by atoms with Gasteiger partial charge in [-0.15, -0.1) is 0 Å². The van der Waals surface area contributed by atoms with Crippen LogP contribution in [0.3, 0.4) is 0 Å². The smallest absolute Gasteiger partial charge is 0.127 e. The Kier molecular flexibility index (Phi) is 11.1.